The molecule has 0 fully saturated rings. The fraction of sp³-hybridized carbons (Fsp3) is 0. The van der Waals surface area contributed by atoms with Crippen LogP contribution in [0.1, 0.15) is 16.1 Å². The minimum Gasteiger partial charge on any atom is -0.348 e. The fourth-order valence-corrected chi connectivity index (χ4v) is 3.29. The Morgan fingerprint density at radius 3 is 2.50 bits per heavy atom. The number of H-pyrrole nitrogens is 1. The molecule has 0 aliphatic heterocycles. The predicted molar refractivity (Wildman–Crippen MR) is 113 cm³/mol. The van der Waals surface area contributed by atoms with E-state index < -0.39 is 11.7 Å². The summed E-state index contributed by atoms with van der Waals surface area (Å²) in [5.74, 6) is -0.852. The highest BCUT2D eigenvalue weighted by Crippen LogP contribution is 2.33. The molecule has 0 aliphatic carbocycles. The van der Waals surface area contributed by atoms with E-state index >= 15 is 0 Å². The average Bonchev–Trinajstić information content (AvgIpc) is 3.11. The first-order chi connectivity index (χ1) is 13.6. The number of rotatable bonds is 4. The highest BCUT2D eigenvalue weighted by molar-refractivity contribution is 9.10. The van der Waals surface area contributed by atoms with E-state index in [1.807, 2.05) is 54.6 Å². The van der Waals surface area contributed by atoms with Gasteiger partial charge in [0.2, 0.25) is 0 Å². The average molecular weight is 436 g/mol. The van der Waals surface area contributed by atoms with Gasteiger partial charge in [0.25, 0.3) is 5.91 Å². The summed E-state index contributed by atoms with van der Waals surface area (Å²) in [6.45, 7) is 0. The number of para-hydroxylation sites is 1. The maximum absolute atomic E-state index is 14.3. The van der Waals surface area contributed by atoms with Crippen molar-refractivity contribution in [2.75, 3.05) is 0 Å². The van der Waals surface area contributed by atoms with Crippen molar-refractivity contribution in [1.82, 2.24) is 10.4 Å². The monoisotopic (exact) mass is 435 g/mol. The number of amides is 1. The Balaban J connectivity index is 1.70. The number of hydrogen-bond donors (Lipinski definition) is 2. The Morgan fingerprint density at radius 2 is 1.75 bits per heavy atom. The summed E-state index contributed by atoms with van der Waals surface area (Å²) in [7, 11) is 0. The molecule has 2 N–H and O–H groups in total. The van der Waals surface area contributed by atoms with Crippen molar-refractivity contribution >= 4 is 39.0 Å². The number of carbonyl (C=O) groups is 1. The van der Waals surface area contributed by atoms with Crippen molar-refractivity contribution in [2.45, 2.75) is 0 Å². The van der Waals surface area contributed by atoms with E-state index in [-0.39, 0.29) is 5.69 Å². The summed E-state index contributed by atoms with van der Waals surface area (Å²) in [6.07, 6.45) is 1.55. The standard InChI is InChI=1S/C22H15BrFN3O/c23-16-11-9-14(10-12-16)13-25-27-22(28)21-19(15-5-2-1-3-6-15)17-7-4-8-18(24)20(17)26-21/h1-13,26H,(H,27,28)/b25-13+. The molecule has 28 heavy (non-hydrogen) atoms. The van der Waals surface area contributed by atoms with Gasteiger partial charge in [-0.2, -0.15) is 5.10 Å². The molecule has 0 spiro atoms. The summed E-state index contributed by atoms with van der Waals surface area (Å²) in [6, 6.07) is 21.7. The molecule has 0 atom stereocenters. The number of hydrazone groups is 1. The molecular weight excluding hydrogens is 421 g/mol. The van der Waals surface area contributed by atoms with Gasteiger partial charge in [-0.1, -0.05) is 70.5 Å². The molecule has 0 saturated heterocycles. The van der Waals surface area contributed by atoms with Gasteiger partial charge in [-0.3, -0.25) is 4.79 Å². The minimum atomic E-state index is -0.442. The third kappa shape index (κ3) is 3.59. The lowest BCUT2D eigenvalue weighted by molar-refractivity contribution is 0.0951. The third-order valence-electron chi connectivity index (χ3n) is 4.32. The number of nitrogens with zero attached hydrogens (tertiary/aromatic N) is 1. The van der Waals surface area contributed by atoms with Gasteiger partial charge in [0, 0.05) is 15.4 Å². The Bertz CT molecular complexity index is 1170. The molecule has 1 aromatic heterocycles. The Hall–Kier alpha value is -3.25. The van der Waals surface area contributed by atoms with Crippen LogP contribution in [0.15, 0.2) is 82.4 Å². The normalized spacial score (nSPS) is 11.2. The number of nitrogens with one attached hydrogen (secondary N) is 2. The van der Waals surface area contributed by atoms with E-state index in [1.54, 1.807) is 18.3 Å². The summed E-state index contributed by atoms with van der Waals surface area (Å²) < 4.78 is 15.2. The predicted octanol–water partition coefficient (Wildman–Crippen LogP) is 5.50. The van der Waals surface area contributed by atoms with E-state index in [1.165, 1.54) is 6.07 Å². The molecule has 0 bridgehead atoms. The smallest absolute Gasteiger partial charge is 0.288 e. The van der Waals surface area contributed by atoms with E-state index in [2.05, 4.69) is 31.4 Å². The lowest BCUT2D eigenvalue weighted by Gasteiger charge is -2.04. The van der Waals surface area contributed by atoms with Crippen LogP contribution in [0, 0.1) is 5.82 Å². The molecule has 4 aromatic rings. The van der Waals surface area contributed by atoms with Crippen molar-refractivity contribution in [3.05, 3.63) is 94.3 Å². The first kappa shape index (κ1) is 18.1. The molecule has 0 unspecified atom stereocenters. The molecule has 4 rings (SSSR count). The minimum absolute atomic E-state index is 0.263. The zero-order chi connectivity index (χ0) is 19.5. The summed E-state index contributed by atoms with van der Waals surface area (Å²) >= 11 is 3.37. The Labute approximate surface area is 169 Å². The van der Waals surface area contributed by atoms with Crippen molar-refractivity contribution < 1.29 is 9.18 Å². The molecule has 0 saturated carbocycles. The van der Waals surface area contributed by atoms with Gasteiger partial charge in [-0.15, -0.1) is 0 Å². The van der Waals surface area contributed by atoms with Gasteiger partial charge in [0.15, 0.2) is 0 Å². The second-order valence-corrected chi connectivity index (χ2v) is 7.07. The summed E-state index contributed by atoms with van der Waals surface area (Å²) in [5, 5.41) is 4.67. The van der Waals surface area contributed by atoms with Gasteiger partial charge in [0.05, 0.1) is 11.7 Å². The summed E-state index contributed by atoms with van der Waals surface area (Å²) in [5.41, 5.74) is 5.38. The maximum atomic E-state index is 14.3. The maximum Gasteiger partial charge on any atom is 0.288 e. The molecule has 138 valence electrons. The molecule has 3 aromatic carbocycles. The lowest BCUT2D eigenvalue weighted by atomic mass is 10.0. The molecular formula is C22H15BrFN3O. The number of fused-ring (bicyclic) bond motifs is 1. The van der Waals surface area contributed by atoms with Crippen molar-refractivity contribution in [3.63, 3.8) is 0 Å². The highest BCUT2D eigenvalue weighted by Gasteiger charge is 2.20. The van der Waals surface area contributed by atoms with Crippen LogP contribution in [0.4, 0.5) is 4.39 Å². The van der Waals surface area contributed by atoms with Gasteiger partial charge in [-0.05, 0) is 29.3 Å². The number of carbonyl (C=O) groups excluding carboxylic acids is 1. The van der Waals surface area contributed by atoms with E-state index in [0.717, 1.165) is 15.6 Å². The molecule has 0 radical (unpaired) electrons. The van der Waals surface area contributed by atoms with Crippen LogP contribution in [0.3, 0.4) is 0 Å². The van der Waals surface area contributed by atoms with Crippen molar-refractivity contribution in [1.29, 1.82) is 0 Å². The summed E-state index contributed by atoms with van der Waals surface area (Å²) in [4.78, 5) is 15.7. The number of aromatic amines is 1. The van der Waals surface area contributed by atoms with Gasteiger partial charge in [0.1, 0.15) is 11.5 Å². The second kappa shape index (κ2) is 7.78. The van der Waals surface area contributed by atoms with E-state index in [4.69, 9.17) is 0 Å². The van der Waals surface area contributed by atoms with Crippen LogP contribution < -0.4 is 5.43 Å². The molecule has 6 heteroatoms. The van der Waals surface area contributed by atoms with Crippen LogP contribution in [0.5, 0.6) is 0 Å². The highest BCUT2D eigenvalue weighted by atomic mass is 79.9. The van der Waals surface area contributed by atoms with Crippen LogP contribution in [-0.2, 0) is 0 Å². The molecule has 1 amide bonds. The SMILES string of the molecule is O=C(N/N=C/c1ccc(Br)cc1)c1[nH]c2c(F)cccc2c1-c1ccccc1. The number of hydrogen-bond acceptors (Lipinski definition) is 2. The topological polar surface area (TPSA) is 57.2 Å². The molecule has 4 nitrogen and oxygen atoms in total. The first-order valence-corrected chi connectivity index (χ1v) is 9.37. The number of benzene rings is 3. The van der Waals surface area contributed by atoms with Crippen molar-refractivity contribution in [2.24, 2.45) is 5.10 Å². The largest absolute Gasteiger partial charge is 0.348 e. The van der Waals surface area contributed by atoms with E-state index in [9.17, 15) is 9.18 Å². The van der Waals surface area contributed by atoms with Crippen LogP contribution in [0.2, 0.25) is 0 Å². The third-order valence-corrected chi connectivity index (χ3v) is 4.85. The first-order valence-electron chi connectivity index (χ1n) is 8.58. The number of aromatic nitrogens is 1. The Morgan fingerprint density at radius 1 is 1.00 bits per heavy atom. The van der Waals surface area contributed by atoms with Gasteiger partial charge < -0.3 is 4.98 Å². The molecule has 0 aliphatic rings. The zero-order valence-corrected chi connectivity index (χ0v) is 16.2. The zero-order valence-electron chi connectivity index (χ0n) is 14.6. The van der Waals surface area contributed by atoms with Crippen LogP contribution in [-0.4, -0.2) is 17.1 Å². The Kier molecular flexibility index (Phi) is 5.04. The lowest BCUT2D eigenvalue weighted by Crippen LogP contribution is -2.18. The van der Waals surface area contributed by atoms with Gasteiger partial charge >= 0.3 is 0 Å². The second-order valence-electron chi connectivity index (χ2n) is 6.15. The number of halogens is 2. The molecule has 1 heterocycles. The van der Waals surface area contributed by atoms with E-state index in [0.29, 0.717) is 16.5 Å². The fourth-order valence-electron chi connectivity index (χ4n) is 3.03. The van der Waals surface area contributed by atoms with Crippen LogP contribution >= 0.6 is 15.9 Å². The van der Waals surface area contributed by atoms with Crippen LogP contribution in [0.25, 0.3) is 22.0 Å². The van der Waals surface area contributed by atoms with Gasteiger partial charge in [-0.25, -0.2) is 9.82 Å². The van der Waals surface area contributed by atoms with Crippen molar-refractivity contribution in [3.8, 4) is 11.1 Å². The quantitative estimate of drug-likeness (QED) is 0.322.